The Morgan fingerprint density at radius 2 is 1.95 bits per heavy atom. The van der Waals surface area contributed by atoms with Crippen molar-refractivity contribution in [1.82, 2.24) is 4.90 Å². The highest BCUT2D eigenvalue weighted by atomic mass is 19.1. The van der Waals surface area contributed by atoms with Gasteiger partial charge in [-0.2, -0.15) is 0 Å². The van der Waals surface area contributed by atoms with Gasteiger partial charge in [0, 0.05) is 25.7 Å². The van der Waals surface area contributed by atoms with Gasteiger partial charge in [-0.1, -0.05) is 13.8 Å². The number of carbonyl (C=O) groups is 1. The van der Waals surface area contributed by atoms with Gasteiger partial charge in [0.15, 0.2) is 0 Å². The van der Waals surface area contributed by atoms with Crippen LogP contribution >= 0.6 is 0 Å². The zero-order valence-corrected chi connectivity index (χ0v) is 12.7. The summed E-state index contributed by atoms with van der Waals surface area (Å²) in [6, 6.07) is 2.21. The number of benzene rings is 1. The van der Waals surface area contributed by atoms with Crippen molar-refractivity contribution in [2.75, 3.05) is 25.5 Å². The molecule has 3 nitrogen and oxygen atoms in total. The lowest BCUT2D eigenvalue weighted by Crippen LogP contribution is -2.29. The summed E-state index contributed by atoms with van der Waals surface area (Å²) in [7, 11) is 1.67. The number of amides is 1. The number of hydrogen-bond acceptors (Lipinski definition) is 2. The molecule has 1 amide bonds. The number of halogens is 2. The second-order valence-electron chi connectivity index (χ2n) is 5.90. The number of carbonyl (C=O) groups excluding carboxylic acids is 1. The summed E-state index contributed by atoms with van der Waals surface area (Å²) < 4.78 is 27.8. The molecular weight excluding hydrogens is 274 g/mol. The monoisotopic (exact) mass is 296 g/mol. The first kappa shape index (κ1) is 15.7. The summed E-state index contributed by atoms with van der Waals surface area (Å²) in [6.07, 6.45) is 1.88. The maximum absolute atomic E-state index is 13.9. The average Bonchev–Trinajstić information content (AvgIpc) is 3.12. The van der Waals surface area contributed by atoms with E-state index in [0.29, 0.717) is 24.9 Å². The highest BCUT2D eigenvalue weighted by molar-refractivity contribution is 5.94. The van der Waals surface area contributed by atoms with Gasteiger partial charge in [-0.15, -0.1) is 0 Å². The van der Waals surface area contributed by atoms with Gasteiger partial charge in [0.05, 0.1) is 0 Å². The van der Waals surface area contributed by atoms with Crippen molar-refractivity contribution in [2.24, 2.45) is 11.8 Å². The topological polar surface area (TPSA) is 32.3 Å². The third kappa shape index (κ3) is 3.71. The van der Waals surface area contributed by atoms with Crippen LogP contribution < -0.4 is 5.32 Å². The number of nitrogens with one attached hydrogen (secondary N) is 1. The van der Waals surface area contributed by atoms with E-state index in [2.05, 4.69) is 12.2 Å². The number of rotatable bonds is 6. The highest BCUT2D eigenvalue weighted by Gasteiger charge is 2.34. The Morgan fingerprint density at radius 3 is 2.43 bits per heavy atom. The van der Waals surface area contributed by atoms with Gasteiger partial charge < -0.3 is 10.2 Å². The molecule has 0 heterocycles. The van der Waals surface area contributed by atoms with E-state index in [-0.39, 0.29) is 17.2 Å². The molecule has 1 aliphatic rings. The first-order valence-corrected chi connectivity index (χ1v) is 7.42. The molecule has 1 aliphatic carbocycles. The van der Waals surface area contributed by atoms with Crippen LogP contribution in [0.2, 0.25) is 0 Å². The third-order valence-corrected chi connectivity index (χ3v) is 3.97. The lowest BCUT2D eigenvalue weighted by Gasteiger charge is -2.18. The minimum atomic E-state index is -0.722. The van der Waals surface area contributed by atoms with Gasteiger partial charge in [-0.3, -0.25) is 4.79 Å². The second kappa shape index (κ2) is 6.41. The molecule has 2 unspecified atom stereocenters. The molecule has 0 aromatic heterocycles. The molecule has 1 aromatic rings. The Bertz CT molecular complexity index is 510. The minimum absolute atomic E-state index is 0.0582. The molecule has 1 N–H and O–H groups in total. The van der Waals surface area contributed by atoms with E-state index in [1.165, 1.54) is 0 Å². The molecule has 2 atom stereocenters. The van der Waals surface area contributed by atoms with E-state index < -0.39 is 11.6 Å². The Kier molecular flexibility index (Phi) is 4.80. The maximum Gasteiger partial charge on any atom is 0.253 e. The van der Waals surface area contributed by atoms with Crippen LogP contribution in [0.15, 0.2) is 12.1 Å². The van der Waals surface area contributed by atoms with Crippen molar-refractivity contribution in [3.8, 4) is 0 Å². The van der Waals surface area contributed by atoms with E-state index in [4.69, 9.17) is 0 Å². The van der Waals surface area contributed by atoms with Crippen LogP contribution in [-0.4, -0.2) is 30.9 Å². The molecule has 0 aliphatic heterocycles. The molecule has 0 bridgehead atoms. The molecular formula is C16H22F2N2O. The molecule has 2 rings (SSSR count). The molecule has 0 spiro atoms. The van der Waals surface area contributed by atoms with Crippen molar-refractivity contribution < 1.29 is 13.6 Å². The standard InChI is InChI=1S/C16H22F2N2O/c1-4-5-19-15-13(17)7-11(8-14(15)18)16(21)20(3)9-12-6-10(12)2/h7-8,10,12,19H,4-6,9H2,1-3H3. The summed E-state index contributed by atoms with van der Waals surface area (Å²) in [4.78, 5) is 13.8. The summed E-state index contributed by atoms with van der Waals surface area (Å²) in [5, 5.41) is 2.70. The smallest absolute Gasteiger partial charge is 0.253 e. The predicted molar refractivity (Wildman–Crippen MR) is 79.4 cm³/mol. The van der Waals surface area contributed by atoms with E-state index >= 15 is 0 Å². The highest BCUT2D eigenvalue weighted by Crippen LogP contribution is 2.38. The Hall–Kier alpha value is -1.65. The molecule has 1 saturated carbocycles. The number of nitrogens with zero attached hydrogens (tertiary/aromatic N) is 1. The molecule has 5 heteroatoms. The Morgan fingerprint density at radius 1 is 1.38 bits per heavy atom. The van der Waals surface area contributed by atoms with Gasteiger partial charge >= 0.3 is 0 Å². The van der Waals surface area contributed by atoms with E-state index in [0.717, 1.165) is 25.0 Å². The van der Waals surface area contributed by atoms with Crippen molar-refractivity contribution >= 4 is 11.6 Å². The molecule has 1 fully saturated rings. The van der Waals surface area contributed by atoms with Gasteiger partial charge in [0.1, 0.15) is 17.3 Å². The number of hydrogen-bond donors (Lipinski definition) is 1. The van der Waals surface area contributed by atoms with Crippen LogP contribution in [0.25, 0.3) is 0 Å². The second-order valence-corrected chi connectivity index (χ2v) is 5.90. The van der Waals surface area contributed by atoms with Crippen molar-refractivity contribution in [2.45, 2.75) is 26.7 Å². The Labute approximate surface area is 124 Å². The first-order valence-electron chi connectivity index (χ1n) is 7.42. The largest absolute Gasteiger partial charge is 0.380 e. The third-order valence-electron chi connectivity index (χ3n) is 3.97. The molecule has 21 heavy (non-hydrogen) atoms. The van der Waals surface area contributed by atoms with Crippen molar-refractivity contribution in [3.05, 3.63) is 29.3 Å². The maximum atomic E-state index is 13.9. The minimum Gasteiger partial charge on any atom is -0.380 e. The van der Waals surface area contributed by atoms with Gasteiger partial charge in [-0.25, -0.2) is 8.78 Å². The van der Waals surface area contributed by atoms with Crippen LogP contribution in [0.1, 0.15) is 37.0 Å². The Balaban J connectivity index is 2.10. The molecule has 116 valence electrons. The number of anilines is 1. The van der Waals surface area contributed by atoms with E-state index in [9.17, 15) is 13.6 Å². The normalized spacial score (nSPS) is 20.2. The van der Waals surface area contributed by atoms with E-state index in [1.807, 2.05) is 6.92 Å². The average molecular weight is 296 g/mol. The van der Waals surface area contributed by atoms with Crippen LogP contribution in [0.4, 0.5) is 14.5 Å². The zero-order valence-electron chi connectivity index (χ0n) is 12.7. The van der Waals surface area contributed by atoms with Crippen LogP contribution in [0, 0.1) is 23.5 Å². The van der Waals surface area contributed by atoms with Crippen molar-refractivity contribution in [1.29, 1.82) is 0 Å². The summed E-state index contributed by atoms with van der Waals surface area (Å²) in [5.41, 5.74) is -0.102. The fourth-order valence-electron chi connectivity index (χ4n) is 2.42. The van der Waals surface area contributed by atoms with Gasteiger partial charge in [0.2, 0.25) is 0 Å². The fraction of sp³-hybridized carbons (Fsp3) is 0.562. The van der Waals surface area contributed by atoms with Crippen LogP contribution in [0.5, 0.6) is 0 Å². The lowest BCUT2D eigenvalue weighted by atomic mass is 10.1. The predicted octanol–water partition coefficient (Wildman–Crippen LogP) is 3.51. The van der Waals surface area contributed by atoms with Gasteiger partial charge in [-0.05, 0) is 36.8 Å². The lowest BCUT2D eigenvalue weighted by molar-refractivity contribution is 0.0786. The van der Waals surface area contributed by atoms with E-state index in [1.54, 1.807) is 11.9 Å². The summed E-state index contributed by atoms with van der Waals surface area (Å²) in [6.45, 7) is 5.17. The summed E-state index contributed by atoms with van der Waals surface area (Å²) in [5.74, 6) is -0.637. The molecule has 0 saturated heterocycles. The van der Waals surface area contributed by atoms with Crippen LogP contribution in [-0.2, 0) is 0 Å². The zero-order chi connectivity index (χ0) is 15.6. The quantitative estimate of drug-likeness (QED) is 0.871. The first-order chi connectivity index (χ1) is 9.93. The molecule has 0 radical (unpaired) electrons. The van der Waals surface area contributed by atoms with Crippen molar-refractivity contribution in [3.63, 3.8) is 0 Å². The fourth-order valence-corrected chi connectivity index (χ4v) is 2.42. The SMILES string of the molecule is CCCNc1c(F)cc(C(=O)N(C)CC2CC2C)cc1F. The van der Waals surface area contributed by atoms with Gasteiger partial charge in [0.25, 0.3) is 5.91 Å². The van der Waals surface area contributed by atoms with Crippen LogP contribution in [0.3, 0.4) is 0 Å². The molecule has 1 aromatic carbocycles. The summed E-state index contributed by atoms with van der Waals surface area (Å²) >= 11 is 0.